The van der Waals surface area contributed by atoms with E-state index in [4.69, 9.17) is 9.47 Å². The summed E-state index contributed by atoms with van der Waals surface area (Å²) in [7, 11) is 1.74. The van der Waals surface area contributed by atoms with Crippen LogP contribution in [0.3, 0.4) is 0 Å². The topological polar surface area (TPSA) is 30.5 Å². The number of benzene rings is 1. The van der Waals surface area contributed by atoms with Crippen molar-refractivity contribution < 1.29 is 9.47 Å². The van der Waals surface area contributed by atoms with Gasteiger partial charge in [0.25, 0.3) is 0 Å². The summed E-state index contributed by atoms with van der Waals surface area (Å²) in [5, 5.41) is 3.61. The van der Waals surface area contributed by atoms with Crippen molar-refractivity contribution in [2.45, 2.75) is 58.1 Å². The molecule has 1 fully saturated rings. The van der Waals surface area contributed by atoms with Gasteiger partial charge < -0.3 is 14.8 Å². The minimum atomic E-state index is 0.209. The van der Waals surface area contributed by atoms with E-state index < -0.39 is 0 Å². The van der Waals surface area contributed by atoms with Crippen LogP contribution in [0.25, 0.3) is 0 Å². The molecular weight excluding hydrogens is 262 g/mol. The lowest BCUT2D eigenvalue weighted by atomic mass is 10.0. The zero-order chi connectivity index (χ0) is 15.1. The van der Waals surface area contributed by atoms with Crippen molar-refractivity contribution in [3.8, 4) is 5.75 Å². The number of ether oxygens (including phenoxy) is 2. The highest BCUT2D eigenvalue weighted by Gasteiger charge is 2.20. The number of hydrogen-bond donors (Lipinski definition) is 1. The van der Waals surface area contributed by atoms with Gasteiger partial charge in [0.1, 0.15) is 5.75 Å². The van der Waals surface area contributed by atoms with Crippen LogP contribution in [0, 0.1) is 6.92 Å². The van der Waals surface area contributed by atoms with Crippen LogP contribution in [0.2, 0.25) is 0 Å². The first-order chi connectivity index (χ1) is 10.2. The van der Waals surface area contributed by atoms with E-state index in [-0.39, 0.29) is 6.04 Å². The molecule has 0 aromatic heterocycles. The number of hydrogen-bond acceptors (Lipinski definition) is 3. The SMILES string of the molecule is CCCNC(COC1CCCC1)c1cc(C)ccc1OC. The van der Waals surface area contributed by atoms with Crippen molar-refractivity contribution in [2.75, 3.05) is 20.3 Å². The van der Waals surface area contributed by atoms with Gasteiger partial charge in [-0.2, -0.15) is 0 Å². The Bertz CT molecular complexity index is 427. The molecule has 0 heterocycles. The Hall–Kier alpha value is -1.06. The third-order valence-corrected chi connectivity index (χ3v) is 4.20. The van der Waals surface area contributed by atoms with Gasteiger partial charge in [0.2, 0.25) is 0 Å². The van der Waals surface area contributed by atoms with E-state index in [1.807, 2.05) is 0 Å². The second kappa shape index (κ2) is 8.40. The molecule has 1 atom stereocenters. The van der Waals surface area contributed by atoms with E-state index in [0.717, 1.165) is 25.3 Å². The first-order valence-electron chi connectivity index (χ1n) is 8.24. The summed E-state index contributed by atoms with van der Waals surface area (Å²) in [5.41, 5.74) is 2.47. The smallest absolute Gasteiger partial charge is 0.123 e. The Morgan fingerprint density at radius 1 is 1.29 bits per heavy atom. The zero-order valence-corrected chi connectivity index (χ0v) is 13.7. The molecule has 3 heteroatoms. The maximum absolute atomic E-state index is 6.14. The molecule has 0 spiro atoms. The van der Waals surface area contributed by atoms with Crippen LogP contribution < -0.4 is 10.1 Å². The second-order valence-corrected chi connectivity index (χ2v) is 5.99. The monoisotopic (exact) mass is 291 g/mol. The normalized spacial score (nSPS) is 17.1. The molecule has 0 saturated heterocycles. The Labute approximate surface area is 129 Å². The van der Waals surface area contributed by atoms with Crippen molar-refractivity contribution in [1.29, 1.82) is 0 Å². The molecule has 2 rings (SSSR count). The molecule has 1 aromatic rings. The molecule has 0 bridgehead atoms. The summed E-state index contributed by atoms with van der Waals surface area (Å²) in [6, 6.07) is 6.57. The third kappa shape index (κ3) is 4.72. The number of methoxy groups -OCH3 is 1. The molecule has 21 heavy (non-hydrogen) atoms. The summed E-state index contributed by atoms with van der Waals surface area (Å²) in [6.45, 7) is 6.04. The molecule has 0 amide bonds. The summed E-state index contributed by atoms with van der Waals surface area (Å²) in [5.74, 6) is 0.948. The number of aryl methyl sites for hydroxylation is 1. The third-order valence-electron chi connectivity index (χ3n) is 4.20. The lowest BCUT2D eigenvalue weighted by molar-refractivity contribution is 0.0422. The fourth-order valence-electron chi connectivity index (χ4n) is 2.99. The molecule has 0 aliphatic heterocycles. The van der Waals surface area contributed by atoms with Crippen LogP contribution in [0.15, 0.2) is 18.2 Å². The van der Waals surface area contributed by atoms with E-state index in [9.17, 15) is 0 Å². The summed E-state index contributed by atoms with van der Waals surface area (Å²) in [6.07, 6.45) is 6.62. The van der Waals surface area contributed by atoms with Crippen molar-refractivity contribution in [3.05, 3.63) is 29.3 Å². The fourth-order valence-corrected chi connectivity index (χ4v) is 2.99. The molecule has 118 valence electrons. The van der Waals surface area contributed by atoms with Crippen LogP contribution in [-0.2, 0) is 4.74 Å². The van der Waals surface area contributed by atoms with Gasteiger partial charge in [0.05, 0.1) is 25.9 Å². The molecule has 0 radical (unpaired) electrons. The van der Waals surface area contributed by atoms with E-state index in [1.54, 1.807) is 7.11 Å². The molecule has 1 aromatic carbocycles. The van der Waals surface area contributed by atoms with Gasteiger partial charge in [-0.15, -0.1) is 0 Å². The highest BCUT2D eigenvalue weighted by atomic mass is 16.5. The zero-order valence-electron chi connectivity index (χ0n) is 13.7. The Morgan fingerprint density at radius 2 is 2.05 bits per heavy atom. The van der Waals surface area contributed by atoms with Gasteiger partial charge in [-0.05, 0) is 38.8 Å². The summed E-state index contributed by atoms with van der Waals surface area (Å²) in [4.78, 5) is 0. The van der Waals surface area contributed by atoms with Crippen LogP contribution in [0.4, 0.5) is 0 Å². The maximum atomic E-state index is 6.14. The highest BCUT2D eigenvalue weighted by molar-refractivity contribution is 5.39. The summed E-state index contributed by atoms with van der Waals surface area (Å²) >= 11 is 0. The van der Waals surface area contributed by atoms with E-state index in [1.165, 1.54) is 36.8 Å². The highest BCUT2D eigenvalue weighted by Crippen LogP contribution is 2.28. The van der Waals surface area contributed by atoms with Gasteiger partial charge in [-0.3, -0.25) is 0 Å². The Balaban J connectivity index is 2.08. The van der Waals surface area contributed by atoms with E-state index in [2.05, 4.69) is 37.4 Å². The van der Waals surface area contributed by atoms with Crippen LogP contribution in [-0.4, -0.2) is 26.4 Å². The van der Waals surface area contributed by atoms with Crippen molar-refractivity contribution >= 4 is 0 Å². The molecule has 1 unspecified atom stereocenters. The first-order valence-corrected chi connectivity index (χ1v) is 8.24. The van der Waals surface area contributed by atoms with Crippen LogP contribution in [0.5, 0.6) is 5.75 Å². The largest absolute Gasteiger partial charge is 0.496 e. The lowest BCUT2D eigenvalue weighted by Gasteiger charge is -2.23. The molecule has 1 N–H and O–H groups in total. The van der Waals surface area contributed by atoms with Gasteiger partial charge in [0, 0.05) is 5.56 Å². The first kappa shape index (κ1) is 16.3. The van der Waals surface area contributed by atoms with Crippen molar-refractivity contribution in [3.63, 3.8) is 0 Å². The van der Waals surface area contributed by atoms with Gasteiger partial charge >= 0.3 is 0 Å². The minimum Gasteiger partial charge on any atom is -0.496 e. The Kier molecular flexibility index (Phi) is 6.52. The minimum absolute atomic E-state index is 0.209. The van der Waals surface area contributed by atoms with Gasteiger partial charge in [0.15, 0.2) is 0 Å². The molecule has 3 nitrogen and oxygen atoms in total. The average molecular weight is 291 g/mol. The quantitative estimate of drug-likeness (QED) is 0.785. The summed E-state index contributed by atoms with van der Waals surface area (Å²) < 4.78 is 11.7. The fraction of sp³-hybridized carbons (Fsp3) is 0.667. The Morgan fingerprint density at radius 3 is 2.71 bits per heavy atom. The van der Waals surface area contributed by atoms with Crippen molar-refractivity contribution in [2.24, 2.45) is 0 Å². The molecule has 1 saturated carbocycles. The molecular formula is C18H29NO2. The van der Waals surface area contributed by atoms with Crippen LogP contribution in [0.1, 0.15) is 56.2 Å². The number of nitrogens with one attached hydrogen (secondary N) is 1. The number of rotatable bonds is 8. The standard InChI is InChI=1S/C18H29NO2/c1-4-11-19-17(13-21-15-7-5-6-8-15)16-12-14(2)9-10-18(16)20-3/h9-10,12,15,17,19H,4-8,11,13H2,1-3H3. The second-order valence-electron chi connectivity index (χ2n) is 5.99. The molecule has 1 aliphatic rings. The van der Waals surface area contributed by atoms with Crippen molar-refractivity contribution in [1.82, 2.24) is 5.32 Å². The maximum Gasteiger partial charge on any atom is 0.123 e. The lowest BCUT2D eigenvalue weighted by Crippen LogP contribution is -2.28. The van der Waals surface area contributed by atoms with Crippen LogP contribution >= 0.6 is 0 Å². The van der Waals surface area contributed by atoms with Gasteiger partial charge in [-0.1, -0.05) is 37.5 Å². The van der Waals surface area contributed by atoms with E-state index in [0.29, 0.717) is 6.10 Å². The predicted molar refractivity (Wildman–Crippen MR) is 87.0 cm³/mol. The van der Waals surface area contributed by atoms with E-state index >= 15 is 0 Å². The average Bonchev–Trinajstić information content (AvgIpc) is 3.01. The predicted octanol–water partition coefficient (Wildman–Crippen LogP) is 4.00. The van der Waals surface area contributed by atoms with Gasteiger partial charge in [-0.25, -0.2) is 0 Å². The molecule has 1 aliphatic carbocycles.